The molecule has 1 unspecified atom stereocenters. The number of benzene rings is 2. The van der Waals surface area contributed by atoms with Gasteiger partial charge in [-0.15, -0.1) is 0 Å². The van der Waals surface area contributed by atoms with Gasteiger partial charge in [0.05, 0.1) is 11.8 Å². The topological polar surface area (TPSA) is 71.1 Å². The van der Waals surface area contributed by atoms with Gasteiger partial charge in [0.15, 0.2) is 0 Å². The van der Waals surface area contributed by atoms with Crippen LogP contribution in [-0.2, 0) is 17.7 Å². The van der Waals surface area contributed by atoms with Gasteiger partial charge >= 0.3 is 0 Å². The van der Waals surface area contributed by atoms with E-state index in [1.165, 1.54) is 12.1 Å². The SMILES string of the molecule is C=C/C=C\C(=N)c1cccc(CNCC(OC)[C@@H](N)Cc2cc(F)cc(F)c2)c1. The van der Waals surface area contributed by atoms with E-state index < -0.39 is 17.7 Å². The van der Waals surface area contributed by atoms with Gasteiger partial charge in [0.2, 0.25) is 0 Å². The zero-order chi connectivity index (χ0) is 21.2. The zero-order valence-corrected chi connectivity index (χ0v) is 16.5. The fourth-order valence-electron chi connectivity index (χ4n) is 3.01. The Morgan fingerprint density at radius 2 is 1.93 bits per heavy atom. The maximum atomic E-state index is 13.4. The molecule has 154 valence electrons. The second-order valence-electron chi connectivity index (χ2n) is 6.76. The van der Waals surface area contributed by atoms with Crippen molar-refractivity contribution in [1.82, 2.24) is 5.32 Å². The van der Waals surface area contributed by atoms with Gasteiger partial charge in [0.25, 0.3) is 0 Å². The number of nitrogens with one attached hydrogen (secondary N) is 2. The van der Waals surface area contributed by atoms with Crippen molar-refractivity contribution in [2.75, 3.05) is 13.7 Å². The number of hydrogen-bond acceptors (Lipinski definition) is 4. The fraction of sp³-hybridized carbons (Fsp3) is 0.261. The van der Waals surface area contributed by atoms with E-state index in [9.17, 15) is 8.78 Å². The molecule has 6 heteroatoms. The quantitative estimate of drug-likeness (QED) is 0.398. The fourth-order valence-corrected chi connectivity index (χ4v) is 3.01. The lowest BCUT2D eigenvalue weighted by molar-refractivity contribution is 0.0795. The average molecular weight is 399 g/mol. The van der Waals surface area contributed by atoms with Crippen molar-refractivity contribution < 1.29 is 13.5 Å². The summed E-state index contributed by atoms with van der Waals surface area (Å²) < 4.78 is 32.2. The van der Waals surface area contributed by atoms with Gasteiger partial charge in [0, 0.05) is 32.3 Å². The van der Waals surface area contributed by atoms with Gasteiger partial charge in [0.1, 0.15) is 11.6 Å². The van der Waals surface area contributed by atoms with E-state index in [1.807, 2.05) is 24.3 Å². The van der Waals surface area contributed by atoms with Gasteiger partial charge in [-0.2, -0.15) is 0 Å². The van der Waals surface area contributed by atoms with Crippen LogP contribution in [0.25, 0.3) is 0 Å². The Hall–Kier alpha value is -2.67. The van der Waals surface area contributed by atoms with E-state index in [-0.39, 0.29) is 6.10 Å². The highest BCUT2D eigenvalue weighted by atomic mass is 19.1. The Kier molecular flexibility index (Phi) is 8.86. The number of hydrogen-bond donors (Lipinski definition) is 3. The van der Waals surface area contributed by atoms with Crippen LogP contribution in [-0.4, -0.2) is 31.5 Å². The molecule has 0 radical (unpaired) electrons. The van der Waals surface area contributed by atoms with Crippen molar-refractivity contribution in [3.8, 4) is 0 Å². The third-order valence-corrected chi connectivity index (χ3v) is 4.49. The number of methoxy groups -OCH3 is 1. The van der Waals surface area contributed by atoms with Gasteiger partial charge in [-0.1, -0.05) is 36.9 Å². The lowest BCUT2D eigenvalue weighted by Gasteiger charge is -2.23. The minimum atomic E-state index is -0.618. The molecule has 29 heavy (non-hydrogen) atoms. The van der Waals surface area contributed by atoms with Crippen LogP contribution in [0, 0.1) is 17.0 Å². The molecule has 2 aromatic carbocycles. The predicted octanol–water partition coefficient (Wildman–Crippen LogP) is 3.75. The van der Waals surface area contributed by atoms with Crippen LogP contribution in [0.15, 0.2) is 67.3 Å². The third-order valence-electron chi connectivity index (χ3n) is 4.49. The van der Waals surface area contributed by atoms with E-state index in [1.54, 1.807) is 25.3 Å². The first kappa shape index (κ1) is 22.6. The maximum absolute atomic E-state index is 13.4. The molecule has 2 aromatic rings. The van der Waals surface area contributed by atoms with Crippen LogP contribution in [0.4, 0.5) is 8.78 Å². The van der Waals surface area contributed by atoms with Crippen LogP contribution in [0.3, 0.4) is 0 Å². The first-order chi connectivity index (χ1) is 13.9. The largest absolute Gasteiger partial charge is 0.379 e. The molecule has 2 rings (SSSR count). The molecule has 2 atom stereocenters. The second kappa shape index (κ2) is 11.4. The summed E-state index contributed by atoms with van der Waals surface area (Å²) in [4.78, 5) is 0. The van der Waals surface area contributed by atoms with E-state index >= 15 is 0 Å². The zero-order valence-electron chi connectivity index (χ0n) is 16.5. The number of nitrogens with two attached hydrogens (primary N) is 1. The molecule has 0 heterocycles. The Morgan fingerprint density at radius 1 is 1.21 bits per heavy atom. The highest BCUT2D eigenvalue weighted by molar-refractivity contribution is 6.06. The van der Waals surface area contributed by atoms with Crippen LogP contribution in [0.1, 0.15) is 16.7 Å². The molecule has 0 aromatic heterocycles. The summed E-state index contributed by atoms with van der Waals surface area (Å²) in [5, 5.41) is 11.3. The Labute approximate surface area is 170 Å². The minimum Gasteiger partial charge on any atom is -0.379 e. The Balaban J connectivity index is 1.91. The lowest BCUT2D eigenvalue weighted by atomic mass is 10.0. The molecule has 0 spiro atoms. The Morgan fingerprint density at radius 3 is 2.59 bits per heavy atom. The van der Waals surface area contributed by atoms with Gasteiger partial charge in [-0.25, -0.2) is 8.78 Å². The lowest BCUT2D eigenvalue weighted by Crippen LogP contribution is -2.44. The highest BCUT2D eigenvalue weighted by Gasteiger charge is 2.18. The highest BCUT2D eigenvalue weighted by Crippen LogP contribution is 2.12. The van der Waals surface area contributed by atoms with E-state index in [4.69, 9.17) is 15.9 Å². The summed E-state index contributed by atoms with van der Waals surface area (Å²) in [6, 6.07) is 10.7. The van der Waals surface area contributed by atoms with Crippen LogP contribution >= 0.6 is 0 Å². The van der Waals surface area contributed by atoms with Crippen molar-refractivity contribution in [1.29, 1.82) is 5.41 Å². The molecule has 0 amide bonds. The summed E-state index contributed by atoms with van der Waals surface area (Å²) >= 11 is 0. The molecular formula is C23H27F2N3O. The van der Waals surface area contributed by atoms with Crippen molar-refractivity contribution in [3.63, 3.8) is 0 Å². The summed E-state index contributed by atoms with van der Waals surface area (Å²) in [6.07, 6.45) is 5.03. The van der Waals surface area contributed by atoms with Crippen molar-refractivity contribution in [2.24, 2.45) is 5.73 Å². The van der Waals surface area contributed by atoms with E-state index in [2.05, 4.69) is 11.9 Å². The standard InChI is InChI=1S/C23H27F2N3O/c1-3-4-8-21(26)18-7-5-6-16(9-18)14-28-15-23(29-2)22(27)12-17-10-19(24)13-20(25)11-17/h3-11,13,22-23,26,28H,1,12,14-15,27H2,2H3/b8-4-,26-21?/t22-,23?/m0/s1. The molecular weight excluding hydrogens is 372 g/mol. The van der Waals surface area contributed by atoms with Crippen molar-refractivity contribution >= 4 is 5.71 Å². The monoisotopic (exact) mass is 399 g/mol. The molecule has 0 fully saturated rings. The molecule has 4 N–H and O–H groups in total. The van der Waals surface area contributed by atoms with Gasteiger partial charge in [-0.05, 0) is 47.4 Å². The van der Waals surface area contributed by atoms with E-state index in [0.717, 1.165) is 17.2 Å². The van der Waals surface area contributed by atoms with Crippen molar-refractivity contribution in [2.45, 2.75) is 25.1 Å². The second-order valence-corrected chi connectivity index (χ2v) is 6.76. The number of allylic oxidation sites excluding steroid dienone is 3. The summed E-state index contributed by atoms with van der Waals surface area (Å²) in [6.45, 7) is 4.66. The molecule has 0 saturated heterocycles. The minimum absolute atomic E-state index is 0.303. The van der Waals surface area contributed by atoms with Crippen molar-refractivity contribution in [3.05, 3.63) is 95.6 Å². The number of rotatable bonds is 11. The normalized spacial score (nSPS) is 13.4. The first-order valence-corrected chi connectivity index (χ1v) is 9.34. The number of ether oxygens (including phenoxy) is 1. The Bertz CT molecular complexity index is 847. The van der Waals surface area contributed by atoms with Gasteiger partial charge < -0.3 is 21.2 Å². The van der Waals surface area contributed by atoms with Crippen LogP contribution in [0.2, 0.25) is 0 Å². The molecule has 0 aliphatic carbocycles. The summed E-state index contributed by atoms with van der Waals surface area (Å²) in [5.41, 5.74) is 8.94. The molecule has 4 nitrogen and oxygen atoms in total. The molecule has 0 bridgehead atoms. The molecule has 0 aliphatic heterocycles. The van der Waals surface area contributed by atoms with Gasteiger partial charge in [-0.3, -0.25) is 0 Å². The average Bonchev–Trinajstić information content (AvgIpc) is 2.68. The smallest absolute Gasteiger partial charge is 0.126 e. The van der Waals surface area contributed by atoms with E-state index in [0.29, 0.717) is 30.8 Å². The molecule has 0 saturated carbocycles. The third kappa shape index (κ3) is 7.34. The van der Waals surface area contributed by atoms with Crippen LogP contribution in [0.5, 0.6) is 0 Å². The maximum Gasteiger partial charge on any atom is 0.126 e. The summed E-state index contributed by atoms with van der Waals surface area (Å²) in [7, 11) is 1.56. The predicted molar refractivity (Wildman–Crippen MR) is 113 cm³/mol. The van der Waals surface area contributed by atoms with Crippen LogP contribution < -0.4 is 11.1 Å². The number of halogens is 2. The molecule has 0 aliphatic rings. The summed E-state index contributed by atoms with van der Waals surface area (Å²) in [5.74, 6) is -1.24. The first-order valence-electron chi connectivity index (χ1n) is 9.34.